The second-order valence-electron chi connectivity index (χ2n) is 5.76. The van der Waals surface area contributed by atoms with Crippen LogP contribution in [0.3, 0.4) is 0 Å². The van der Waals surface area contributed by atoms with Crippen molar-refractivity contribution >= 4 is 16.3 Å². The smallest absolute Gasteiger partial charge is 0.123 e. The zero-order valence-electron chi connectivity index (χ0n) is 11.6. The van der Waals surface area contributed by atoms with Gasteiger partial charge in [0.2, 0.25) is 0 Å². The van der Waals surface area contributed by atoms with Crippen LogP contribution in [0.15, 0.2) is 12.5 Å². The molecule has 5 heteroatoms. The Morgan fingerprint density at radius 1 is 1.33 bits per heavy atom. The van der Waals surface area contributed by atoms with Crippen LogP contribution in [0, 0.1) is 0 Å². The number of hydrogen-bond donors (Lipinski definition) is 1. The van der Waals surface area contributed by atoms with E-state index in [1.54, 1.807) is 11.3 Å². The first-order valence-electron chi connectivity index (χ1n) is 6.09. The third kappa shape index (κ3) is 2.27. The fraction of sp³-hybridized carbons (Fsp3) is 0.538. The topological polar surface area (TPSA) is 56.7 Å². The van der Waals surface area contributed by atoms with Gasteiger partial charge in [-0.25, -0.2) is 9.97 Å². The maximum Gasteiger partial charge on any atom is 0.123 e. The number of aromatic nitrogens is 3. The molecular weight excluding hydrogens is 244 g/mol. The lowest BCUT2D eigenvalue weighted by atomic mass is 9.98. The van der Waals surface area contributed by atoms with Gasteiger partial charge in [0.05, 0.1) is 18.2 Å². The summed E-state index contributed by atoms with van der Waals surface area (Å²) in [4.78, 5) is 8.90. The lowest BCUT2D eigenvalue weighted by Crippen LogP contribution is -2.10. The maximum atomic E-state index is 6.11. The summed E-state index contributed by atoms with van der Waals surface area (Å²) in [5, 5.41) is 1.83. The first-order valence-corrected chi connectivity index (χ1v) is 6.91. The van der Waals surface area contributed by atoms with Crippen LogP contribution in [-0.2, 0) is 5.41 Å². The van der Waals surface area contributed by atoms with Crippen LogP contribution in [0.5, 0.6) is 0 Å². The van der Waals surface area contributed by atoms with Crippen LogP contribution in [-0.4, -0.2) is 14.5 Å². The first kappa shape index (κ1) is 13.1. The zero-order valence-corrected chi connectivity index (χ0v) is 12.4. The number of rotatable bonds is 2. The van der Waals surface area contributed by atoms with Crippen LogP contribution in [0.4, 0.5) is 5.00 Å². The highest BCUT2D eigenvalue weighted by molar-refractivity contribution is 7.16. The van der Waals surface area contributed by atoms with Gasteiger partial charge in [0.1, 0.15) is 15.7 Å². The minimum absolute atomic E-state index is 0.0275. The van der Waals surface area contributed by atoms with Crippen molar-refractivity contribution in [3.8, 4) is 11.4 Å². The standard InChI is InChI=1S/C13H20N4S/c1-8(2)17-7-15-6-9(17)10-11(14)18-12(16-10)13(3,4)5/h6-8H,14H2,1-5H3. The fourth-order valence-electron chi connectivity index (χ4n) is 1.74. The van der Waals surface area contributed by atoms with Gasteiger partial charge in [-0.05, 0) is 13.8 Å². The van der Waals surface area contributed by atoms with Crippen LogP contribution < -0.4 is 5.73 Å². The summed E-state index contributed by atoms with van der Waals surface area (Å²) in [5.41, 5.74) is 7.99. The van der Waals surface area contributed by atoms with Crippen LogP contribution in [0.25, 0.3) is 11.4 Å². The monoisotopic (exact) mass is 264 g/mol. The van der Waals surface area contributed by atoms with Crippen molar-refractivity contribution in [2.45, 2.75) is 46.1 Å². The average Bonchev–Trinajstić information content (AvgIpc) is 2.81. The van der Waals surface area contributed by atoms with E-state index in [-0.39, 0.29) is 5.41 Å². The molecule has 2 aromatic heterocycles. The van der Waals surface area contributed by atoms with Crippen molar-refractivity contribution in [3.05, 3.63) is 17.5 Å². The largest absolute Gasteiger partial charge is 0.389 e. The van der Waals surface area contributed by atoms with Crippen LogP contribution in [0.2, 0.25) is 0 Å². The van der Waals surface area contributed by atoms with E-state index in [9.17, 15) is 0 Å². The zero-order chi connectivity index (χ0) is 13.5. The molecule has 0 spiro atoms. The quantitative estimate of drug-likeness (QED) is 0.903. The lowest BCUT2D eigenvalue weighted by molar-refractivity contribution is 0.584. The molecule has 0 atom stereocenters. The molecule has 0 aliphatic carbocycles. The summed E-state index contributed by atoms with van der Waals surface area (Å²) in [6.45, 7) is 10.7. The Morgan fingerprint density at radius 3 is 2.50 bits per heavy atom. The normalized spacial score (nSPS) is 12.3. The summed E-state index contributed by atoms with van der Waals surface area (Å²) < 4.78 is 2.10. The van der Waals surface area contributed by atoms with Gasteiger partial charge >= 0.3 is 0 Å². The first-order chi connectivity index (χ1) is 8.30. The van der Waals surface area contributed by atoms with E-state index >= 15 is 0 Å². The summed E-state index contributed by atoms with van der Waals surface area (Å²) in [7, 11) is 0. The third-order valence-corrected chi connectivity index (χ3v) is 4.07. The van der Waals surface area contributed by atoms with Gasteiger partial charge in [0.15, 0.2) is 0 Å². The van der Waals surface area contributed by atoms with Gasteiger partial charge in [-0.3, -0.25) is 0 Å². The third-order valence-electron chi connectivity index (χ3n) is 2.76. The molecule has 18 heavy (non-hydrogen) atoms. The lowest BCUT2D eigenvalue weighted by Gasteiger charge is -2.13. The predicted molar refractivity (Wildman–Crippen MR) is 76.8 cm³/mol. The molecule has 4 nitrogen and oxygen atoms in total. The number of imidazole rings is 1. The average molecular weight is 264 g/mol. The van der Waals surface area contributed by atoms with Gasteiger partial charge in [-0.2, -0.15) is 0 Å². The second kappa shape index (κ2) is 4.39. The van der Waals surface area contributed by atoms with Crippen LogP contribution in [0.1, 0.15) is 45.7 Å². The summed E-state index contributed by atoms with van der Waals surface area (Å²) >= 11 is 1.57. The molecule has 0 amide bonds. The molecule has 0 aromatic carbocycles. The van der Waals surface area contributed by atoms with Crippen molar-refractivity contribution < 1.29 is 0 Å². The molecule has 0 radical (unpaired) electrons. The van der Waals surface area contributed by atoms with E-state index in [2.05, 4.69) is 44.2 Å². The van der Waals surface area contributed by atoms with Crippen molar-refractivity contribution in [3.63, 3.8) is 0 Å². The van der Waals surface area contributed by atoms with Crippen molar-refractivity contribution in [1.29, 1.82) is 0 Å². The van der Waals surface area contributed by atoms with Crippen molar-refractivity contribution in [1.82, 2.24) is 14.5 Å². The molecular formula is C13H20N4S. The molecule has 2 N–H and O–H groups in total. The molecule has 2 rings (SSSR count). The highest BCUT2D eigenvalue weighted by Gasteiger charge is 2.22. The summed E-state index contributed by atoms with van der Waals surface area (Å²) in [6, 6.07) is 0.349. The second-order valence-corrected chi connectivity index (χ2v) is 6.79. The van der Waals surface area contributed by atoms with E-state index < -0.39 is 0 Å². The molecule has 0 unspecified atom stereocenters. The van der Waals surface area contributed by atoms with Crippen molar-refractivity contribution in [2.24, 2.45) is 0 Å². The Morgan fingerprint density at radius 2 is 2.00 bits per heavy atom. The fourth-order valence-corrected chi connectivity index (χ4v) is 2.63. The maximum absolute atomic E-state index is 6.11. The van der Waals surface area contributed by atoms with Gasteiger partial charge in [0, 0.05) is 11.5 Å². The molecule has 0 fully saturated rings. The molecule has 2 heterocycles. The summed E-state index contributed by atoms with van der Waals surface area (Å²) in [6.07, 6.45) is 3.66. The number of nitrogen functional groups attached to an aromatic ring is 1. The Kier molecular flexibility index (Phi) is 3.19. The van der Waals surface area contributed by atoms with Gasteiger partial charge in [0.25, 0.3) is 0 Å². The van der Waals surface area contributed by atoms with E-state index in [0.717, 1.165) is 21.4 Å². The number of nitrogens with two attached hydrogens (primary N) is 1. The van der Waals surface area contributed by atoms with E-state index in [1.807, 2.05) is 12.5 Å². The van der Waals surface area contributed by atoms with Gasteiger partial charge in [-0.15, -0.1) is 11.3 Å². The highest BCUT2D eigenvalue weighted by Crippen LogP contribution is 2.36. The van der Waals surface area contributed by atoms with Gasteiger partial charge in [-0.1, -0.05) is 20.8 Å². The molecule has 0 aliphatic rings. The minimum Gasteiger partial charge on any atom is -0.389 e. The van der Waals surface area contributed by atoms with Crippen LogP contribution >= 0.6 is 11.3 Å². The number of nitrogens with zero attached hydrogens (tertiary/aromatic N) is 3. The Hall–Kier alpha value is -1.36. The molecule has 0 saturated heterocycles. The molecule has 0 bridgehead atoms. The Balaban J connectivity index is 2.52. The Bertz CT molecular complexity index is 546. The molecule has 0 aliphatic heterocycles. The molecule has 0 saturated carbocycles. The predicted octanol–water partition coefficient (Wildman–Crippen LogP) is 3.47. The van der Waals surface area contributed by atoms with Gasteiger partial charge < -0.3 is 10.3 Å². The van der Waals surface area contributed by atoms with E-state index in [4.69, 9.17) is 10.7 Å². The SMILES string of the molecule is CC(C)n1cncc1-c1nc(C(C)(C)C)sc1N. The minimum atomic E-state index is 0.0275. The molecule has 98 valence electrons. The van der Waals surface area contributed by atoms with E-state index in [0.29, 0.717) is 6.04 Å². The van der Waals surface area contributed by atoms with Crippen molar-refractivity contribution in [2.75, 3.05) is 5.73 Å². The van der Waals surface area contributed by atoms with E-state index in [1.165, 1.54) is 0 Å². The number of anilines is 1. The number of thiazole rings is 1. The number of hydrogen-bond acceptors (Lipinski definition) is 4. The Labute approximate surface area is 112 Å². The summed E-state index contributed by atoms with van der Waals surface area (Å²) in [5.74, 6) is 0. The molecule has 2 aromatic rings. The highest BCUT2D eigenvalue weighted by atomic mass is 32.1.